The number of anilines is 1. The minimum atomic E-state index is -4.13. The molecule has 3 rings (SSSR count). The van der Waals surface area contributed by atoms with E-state index in [2.05, 4.69) is 21.2 Å². The largest absolute Gasteiger partial charge is 0.495 e. The molecule has 0 spiro atoms. The second-order valence-corrected chi connectivity index (χ2v) is 11.7. The molecule has 0 saturated carbocycles. The van der Waals surface area contributed by atoms with Crippen molar-refractivity contribution in [2.24, 2.45) is 0 Å². The van der Waals surface area contributed by atoms with E-state index in [0.29, 0.717) is 5.56 Å². The minimum absolute atomic E-state index is 0.000702. The van der Waals surface area contributed by atoms with E-state index in [1.54, 1.807) is 24.3 Å². The van der Waals surface area contributed by atoms with Crippen molar-refractivity contribution in [2.45, 2.75) is 19.0 Å². The first-order valence-electron chi connectivity index (χ1n) is 12.0. The van der Waals surface area contributed by atoms with E-state index < -0.39 is 39.3 Å². The molecule has 0 heterocycles. The van der Waals surface area contributed by atoms with Gasteiger partial charge in [0.25, 0.3) is 5.69 Å². The lowest BCUT2D eigenvalue weighted by atomic mass is 10.0. The second kappa shape index (κ2) is 13.4. The summed E-state index contributed by atoms with van der Waals surface area (Å²) >= 11 is 3.38. The molecule has 0 aliphatic carbocycles. The molecule has 0 radical (unpaired) electrons. The Kier molecular flexibility index (Phi) is 10.2. The number of nitro groups is 1. The number of likely N-dealkylation sites (N-methyl/N-ethyl adjacent to an activating group) is 1. The van der Waals surface area contributed by atoms with Gasteiger partial charge in [-0.2, -0.15) is 0 Å². The molecular formula is C27H29BrN4O7S. The summed E-state index contributed by atoms with van der Waals surface area (Å²) in [6.07, 6.45) is 1.06. The maximum absolute atomic E-state index is 14.0. The molecule has 2 amide bonds. The molecule has 0 saturated heterocycles. The third kappa shape index (κ3) is 7.79. The lowest BCUT2D eigenvalue weighted by Gasteiger charge is -2.33. The predicted octanol–water partition coefficient (Wildman–Crippen LogP) is 3.52. The molecule has 1 atom stereocenters. The molecule has 0 fully saturated rings. The molecule has 3 aromatic rings. The highest BCUT2D eigenvalue weighted by molar-refractivity contribution is 9.10. The number of nitrogens with one attached hydrogen (secondary N) is 1. The summed E-state index contributed by atoms with van der Waals surface area (Å²) < 4.78 is 32.7. The number of sulfonamides is 1. The minimum Gasteiger partial charge on any atom is -0.495 e. The van der Waals surface area contributed by atoms with Crippen molar-refractivity contribution < 1.29 is 27.7 Å². The highest BCUT2D eigenvalue weighted by Crippen LogP contribution is 2.34. The smallest absolute Gasteiger partial charge is 0.271 e. The van der Waals surface area contributed by atoms with E-state index in [1.807, 2.05) is 30.3 Å². The van der Waals surface area contributed by atoms with Gasteiger partial charge in [0.15, 0.2) is 0 Å². The Bertz CT molecular complexity index is 1470. The summed E-state index contributed by atoms with van der Waals surface area (Å²) in [5.74, 6) is -1.10. The first-order chi connectivity index (χ1) is 18.9. The van der Waals surface area contributed by atoms with Gasteiger partial charge in [0.05, 0.1) is 18.3 Å². The van der Waals surface area contributed by atoms with E-state index in [9.17, 15) is 28.1 Å². The number of hydrogen-bond donors (Lipinski definition) is 1. The number of nitrogens with zero attached hydrogens (tertiary/aromatic N) is 3. The number of nitro benzene ring substituents is 1. The Hall–Kier alpha value is -3.97. The summed E-state index contributed by atoms with van der Waals surface area (Å²) in [7, 11) is -1.39. The summed E-state index contributed by atoms with van der Waals surface area (Å²) in [6.45, 7) is -0.726. The van der Waals surface area contributed by atoms with Crippen LogP contribution in [0.4, 0.5) is 11.4 Å². The van der Waals surface area contributed by atoms with Crippen LogP contribution < -0.4 is 14.4 Å². The van der Waals surface area contributed by atoms with Gasteiger partial charge in [-0.25, -0.2) is 8.42 Å². The van der Waals surface area contributed by atoms with Crippen molar-refractivity contribution in [1.82, 2.24) is 10.2 Å². The van der Waals surface area contributed by atoms with Crippen LogP contribution in [0.1, 0.15) is 11.1 Å². The Morgan fingerprint density at radius 3 is 2.25 bits per heavy atom. The summed E-state index contributed by atoms with van der Waals surface area (Å²) in [5, 5.41) is 14.0. The SMILES string of the molecule is CNC(=O)C(Cc1ccccc1)N(Cc1ccc(Br)cc1)C(=O)CN(c1cc([N+](=O)[O-])ccc1OC)S(C)(=O)=O. The number of carbonyl (C=O) groups is 2. The highest BCUT2D eigenvalue weighted by atomic mass is 79.9. The third-order valence-corrected chi connectivity index (χ3v) is 7.76. The van der Waals surface area contributed by atoms with Gasteiger partial charge in [-0.15, -0.1) is 0 Å². The predicted molar refractivity (Wildman–Crippen MR) is 155 cm³/mol. The fourth-order valence-corrected chi connectivity index (χ4v) is 5.20. The number of ether oxygens (including phenoxy) is 1. The Balaban J connectivity index is 2.09. The normalized spacial score (nSPS) is 11.8. The summed E-state index contributed by atoms with van der Waals surface area (Å²) in [4.78, 5) is 39.2. The number of amides is 2. The van der Waals surface area contributed by atoms with Gasteiger partial charge < -0.3 is 15.0 Å². The average molecular weight is 634 g/mol. The first-order valence-corrected chi connectivity index (χ1v) is 14.7. The zero-order valence-corrected chi connectivity index (χ0v) is 24.5. The highest BCUT2D eigenvalue weighted by Gasteiger charge is 2.34. The van der Waals surface area contributed by atoms with Crippen LogP contribution in [0.2, 0.25) is 0 Å². The molecule has 1 N–H and O–H groups in total. The quantitative estimate of drug-likeness (QED) is 0.238. The monoisotopic (exact) mass is 632 g/mol. The van der Waals surface area contributed by atoms with Crippen LogP contribution in [-0.4, -0.2) is 63.1 Å². The van der Waals surface area contributed by atoms with Crippen molar-refractivity contribution in [3.63, 3.8) is 0 Å². The molecule has 3 aromatic carbocycles. The zero-order valence-electron chi connectivity index (χ0n) is 22.1. The van der Waals surface area contributed by atoms with Gasteiger partial charge in [0.1, 0.15) is 24.0 Å². The van der Waals surface area contributed by atoms with Crippen molar-refractivity contribution in [1.29, 1.82) is 0 Å². The number of benzene rings is 3. The number of rotatable bonds is 12. The van der Waals surface area contributed by atoms with Crippen molar-refractivity contribution >= 4 is 49.1 Å². The van der Waals surface area contributed by atoms with E-state index in [0.717, 1.165) is 26.7 Å². The Labute approximate surface area is 241 Å². The van der Waals surface area contributed by atoms with Gasteiger partial charge >= 0.3 is 0 Å². The van der Waals surface area contributed by atoms with Gasteiger partial charge in [0.2, 0.25) is 21.8 Å². The average Bonchev–Trinajstić information content (AvgIpc) is 2.93. The molecule has 1 unspecified atom stereocenters. The Morgan fingerprint density at radius 1 is 1.05 bits per heavy atom. The first kappa shape index (κ1) is 30.6. The third-order valence-electron chi connectivity index (χ3n) is 6.10. The molecular weight excluding hydrogens is 604 g/mol. The number of halogens is 1. The van der Waals surface area contributed by atoms with Crippen LogP contribution in [0.25, 0.3) is 0 Å². The van der Waals surface area contributed by atoms with Crippen LogP contribution >= 0.6 is 15.9 Å². The van der Waals surface area contributed by atoms with Crippen molar-refractivity contribution in [3.8, 4) is 5.75 Å². The number of carbonyl (C=O) groups excluding carboxylic acids is 2. The van der Waals surface area contributed by atoms with Crippen LogP contribution in [0.3, 0.4) is 0 Å². The lowest BCUT2D eigenvalue weighted by Crippen LogP contribution is -2.52. The lowest BCUT2D eigenvalue weighted by molar-refractivity contribution is -0.384. The molecule has 0 aromatic heterocycles. The van der Waals surface area contributed by atoms with Gasteiger partial charge in [-0.3, -0.25) is 24.0 Å². The fraction of sp³-hybridized carbons (Fsp3) is 0.259. The molecule has 0 bridgehead atoms. The van der Waals surface area contributed by atoms with E-state index in [4.69, 9.17) is 4.74 Å². The maximum atomic E-state index is 14.0. The number of hydrogen-bond acceptors (Lipinski definition) is 7. The van der Waals surface area contributed by atoms with E-state index >= 15 is 0 Å². The Morgan fingerprint density at radius 2 is 1.70 bits per heavy atom. The van der Waals surface area contributed by atoms with Crippen LogP contribution in [-0.2, 0) is 32.6 Å². The van der Waals surface area contributed by atoms with Gasteiger partial charge in [-0.1, -0.05) is 58.4 Å². The van der Waals surface area contributed by atoms with Crippen LogP contribution in [0, 0.1) is 10.1 Å². The molecule has 212 valence electrons. The topological polar surface area (TPSA) is 139 Å². The maximum Gasteiger partial charge on any atom is 0.271 e. The summed E-state index contributed by atoms with van der Waals surface area (Å²) in [6, 6.07) is 18.8. The standard InChI is InChI=1S/C27H29BrN4O7S/c1-29-27(34)24(15-19-7-5-4-6-8-19)30(17-20-9-11-21(28)12-10-20)26(33)18-31(40(3,37)38)23-16-22(32(35)36)13-14-25(23)39-2/h4-14,16,24H,15,17-18H2,1-3H3,(H,29,34). The van der Waals surface area contributed by atoms with Crippen molar-refractivity contribution in [2.75, 3.05) is 31.3 Å². The van der Waals surface area contributed by atoms with Crippen molar-refractivity contribution in [3.05, 3.63) is 98.5 Å². The molecule has 0 aliphatic heterocycles. The van der Waals surface area contributed by atoms with Gasteiger partial charge in [0, 0.05) is 36.6 Å². The number of non-ortho nitro benzene ring substituents is 1. The fourth-order valence-electron chi connectivity index (χ4n) is 4.09. The zero-order chi connectivity index (χ0) is 29.4. The van der Waals surface area contributed by atoms with Gasteiger partial charge in [-0.05, 0) is 29.3 Å². The van der Waals surface area contributed by atoms with E-state index in [-0.39, 0.29) is 30.1 Å². The van der Waals surface area contributed by atoms with Crippen LogP contribution in [0.15, 0.2) is 77.3 Å². The molecule has 11 nitrogen and oxygen atoms in total. The second-order valence-electron chi connectivity index (χ2n) is 8.85. The van der Waals surface area contributed by atoms with E-state index in [1.165, 1.54) is 31.2 Å². The number of methoxy groups -OCH3 is 1. The molecule has 0 aliphatic rings. The summed E-state index contributed by atoms with van der Waals surface area (Å²) in [5.41, 5.74) is 0.953. The van der Waals surface area contributed by atoms with Crippen LogP contribution in [0.5, 0.6) is 5.75 Å². The molecule has 13 heteroatoms. The molecule has 40 heavy (non-hydrogen) atoms.